The van der Waals surface area contributed by atoms with Crippen molar-refractivity contribution in [1.29, 1.82) is 0 Å². The van der Waals surface area contributed by atoms with Crippen molar-refractivity contribution in [1.82, 2.24) is 10.2 Å². The lowest BCUT2D eigenvalue weighted by molar-refractivity contribution is 0.0746. The van der Waals surface area contributed by atoms with Crippen LogP contribution >= 0.6 is 23.2 Å². The molecule has 1 N–H and O–H groups in total. The van der Waals surface area contributed by atoms with Crippen LogP contribution in [0.4, 0.5) is 0 Å². The van der Waals surface area contributed by atoms with Crippen molar-refractivity contribution < 1.29 is 0 Å². The first-order valence-corrected chi connectivity index (χ1v) is 8.18. The number of piperazine rings is 1. The minimum Gasteiger partial charge on any atom is -0.308 e. The summed E-state index contributed by atoms with van der Waals surface area (Å²) in [4.78, 5) is 2.53. The molecule has 2 nitrogen and oxygen atoms in total. The van der Waals surface area contributed by atoms with Gasteiger partial charge in [-0.2, -0.15) is 0 Å². The van der Waals surface area contributed by atoms with Crippen molar-refractivity contribution >= 4 is 23.2 Å². The molecule has 2 rings (SSSR count). The molecule has 0 aromatic heterocycles. The minimum atomic E-state index is 0.241. The fraction of sp³-hybridized carbons (Fsp3) is 0.625. The van der Waals surface area contributed by atoms with Gasteiger partial charge in [0.25, 0.3) is 0 Å². The summed E-state index contributed by atoms with van der Waals surface area (Å²) in [5, 5.41) is 5.19. The molecule has 1 aromatic carbocycles. The Balaban J connectivity index is 2.14. The highest BCUT2D eigenvalue weighted by Crippen LogP contribution is 2.27. The van der Waals surface area contributed by atoms with Gasteiger partial charge in [0.05, 0.1) is 0 Å². The summed E-state index contributed by atoms with van der Waals surface area (Å²) >= 11 is 12.3. The first-order chi connectivity index (χ1) is 9.49. The van der Waals surface area contributed by atoms with E-state index >= 15 is 0 Å². The van der Waals surface area contributed by atoms with Gasteiger partial charge in [0.2, 0.25) is 0 Å². The van der Waals surface area contributed by atoms with Gasteiger partial charge in [0.15, 0.2) is 0 Å². The van der Waals surface area contributed by atoms with E-state index in [1.54, 1.807) is 0 Å². The van der Waals surface area contributed by atoms with Gasteiger partial charge >= 0.3 is 0 Å². The summed E-state index contributed by atoms with van der Waals surface area (Å²) < 4.78 is 0. The van der Waals surface area contributed by atoms with Crippen LogP contribution in [0.3, 0.4) is 0 Å². The molecule has 0 spiro atoms. The van der Waals surface area contributed by atoms with Gasteiger partial charge in [-0.15, -0.1) is 0 Å². The SMILES string of the molecule is CCC1(CC)CN(Cc2ccc(Cl)cc2Cl)C(C)CN1. The van der Waals surface area contributed by atoms with Gasteiger partial charge in [0, 0.05) is 41.3 Å². The number of rotatable bonds is 4. The van der Waals surface area contributed by atoms with Crippen molar-refractivity contribution in [2.45, 2.75) is 51.7 Å². The summed E-state index contributed by atoms with van der Waals surface area (Å²) in [6, 6.07) is 6.31. The predicted molar refractivity (Wildman–Crippen MR) is 87.6 cm³/mol. The van der Waals surface area contributed by atoms with Gasteiger partial charge in [-0.25, -0.2) is 0 Å². The van der Waals surface area contributed by atoms with Crippen molar-refractivity contribution in [3.8, 4) is 0 Å². The Morgan fingerprint density at radius 2 is 2.00 bits per heavy atom. The van der Waals surface area contributed by atoms with Crippen LogP contribution < -0.4 is 5.32 Å². The number of nitrogens with one attached hydrogen (secondary N) is 1. The molecule has 20 heavy (non-hydrogen) atoms. The van der Waals surface area contributed by atoms with E-state index in [0.717, 1.165) is 43.1 Å². The molecule has 1 aliphatic rings. The molecule has 0 amide bonds. The third-order valence-electron chi connectivity index (χ3n) is 4.64. The van der Waals surface area contributed by atoms with E-state index in [2.05, 4.69) is 31.0 Å². The smallest absolute Gasteiger partial charge is 0.0465 e. The minimum absolute atomic E-state index is 0.241. The van der Waals surface area contributed by atoms with Crippen LogP contribution in [0.5, 0.6) is 0 Å². The summed E-state index contributed by atoms with van der Waals surface area (Å²) in [6.07, 6.45) is 2.31. The number of hydrogen-bond acceptors (Lipinski definition) is 2. The zero-order valence-corrected chi connectivity index (χ0v) is 14.1. The zero-order valence-electron chi connectivity index (χ0n) is 12.5. The highest BCUT2D eigenvalue weighted by Gasteiger charge is 2.35. The quantitative estimate of drug-likeness (QED) is 0.889. The van der Waals surface area contributed by atoms with Gasteiger partial charge in [-0.1, -0.05) is 43.1 Å². The van der Waals surface area contributed by atoms with Crippen LogP contribution in [0.2, 0.25) is 10.0 Å². The fourth-order valence-corrected chi connectivity index (χ4v) is 3.37. The molecule has 0 bridgehead atoms. The first-order valence-electron chi connectivity index (χ1n) is 7.42. The highest BCUT2D eigenvalue weighted by molar-refractivity contribution is 6.35. The van der Waals surface area contributed by atoms with Crippen molar-refractivity contribution in [2.24, 2.45) is 0 Å². The Labute approximate surface area is 132 Å². The first kappa shape index (κ1) is 16.1. The van der Waals surface area contributed by atoms with Gasteiger partial charge in [-0.05, 0) is 37.5 Å². The van der Waals surface area contributed by atoms with E-state index in [1.807, 2.05) is 18.2 Å². The summed E-state index contributed by atoms with van der Waals surface area (Å²) in [6.45, 7) is 9.79. The maximum Gasteiger partial charge on any atom is 0.0465 e. The molecule has 1 fully saturated rings. The average Bonchev–Trinajstić information content (AvgIpc) is 2.44. The van der Waals surface area contributed by atoms with Crippen molar-refractivity contribution in [3.05, 3.63) is 33.8 Å². The lowest BCUT2D eigenvalue weighted by Crippen LogP contribution is -2.62. The Morgan fingerprint density at radius 1 is 1.30 bits per heavy atom. The van der Waals surface area contributed by atoms with Crippen LogP contribution in [0.15, 0.2) is 18.2 Å². The standard InChI is InChI=1S/C16H24Cl2N2/c1-4-16(5-2)11-20(12(3)9-19-16)10-13-6-7-14(17)8-15(13)18/h6-8,12,19H,4-5,9-11H2,1-3H3. The molecule has 0 saturated carbocycles. The summed E-state index contributed by atoms with van der Waals surface area (Å²) in [5.74, 6) is 0. The normalized spacial score (nSPS) is 22.9. The molecule has 112 valence electrons. The van der Waals surface area contributed by atoms with Gasteiger partial charge in [0.1, 0.15) is 0 Å². The molecular formula is C16H24Cl2N2. The fourth-order valence-electron chi connectivity index (χ4n) is 2.90. The van der Waals surface area contributed by atoms with Crippen LogP contribution in [0.25, 0.3) is 0 Å². The molecule has 0 radical (unpaired) electrons. The van der Waals surface area contributed by atoms with E-state index in [-0.39, 0.29) is 5.54 Å². The zero-order chi connectivity index (χ0) is 14.8. The molecule has 1 heterocycles. The molecule has 1 aliphatic heterocycles. The number of nitrogens with zero attached hydrogens (tertiary/aromatic N) is 1. The molecule has 1 aromatic rings. The monoisotopic (exact) mass is 314 g/mol. The predicted octanol–water partition coefficient (Wildman–Crippen LogP) is 4.35. The Hall–Kier alpha value is -0.280. The number of hydrogen-bond donors (Lipinski definition) is 1. The second kappa shape index (κ2) is 6.65. The van der Waals surface area contributed by atoms with Crippen LogP contribution in [0, 0.1) is 0 Å². The molecule has 1 saturated heterocycles. The third kappa shape index (κ3) is 3.48. The lowest BCUT2D eigenvalue weighted by atomic mass is 9.88. The van der Waals surface area contributed by atoms with Crippen LogP contribution in [-0.4, -0.2) is 29.6 Å². The van der Waals surface area contributed by atoms with Crippen LogP contribution in [0.1, 0.15) is 39.2 Å². The van der Waals surface area contributed by atoms with Crippen molar-refractivity contribution in [2.75, 3.05) is 13.1 Å². The molecule has 0 aliphatic carbocycles. The Bertz CT molecular complexity index is 458. The highest BCUT2D eigenvalue weighted by atomic mass is 35.5. The number of halogens is 2. The Kier molecular flexibility index (Phi) is 5.36. The maximum atomic E-state index is 6.31. The van der Waals surface area contributed by atoms with Crippen LogP contribution in [-0.2, 0) is 6.54 Å². The molecular weight excluding hydrogens is 291 g/mol. The van der Waals surface area contributed by atoms with E-state index in [4.69, 9.17) is 23.2 Å². The lowest BCUT2D eigenvalue weighted by Gasteiger charge is -2.46. The molecule has 1 unspecified atom stereocenters. The average molecular weight is 315 g/mol. The van der Waals surface area contributed by atoms with E-state index in [0.29, 0.717) is 11.1 Å². The molecule has 1 atom stereocenters. The maximum absolute atomic E-state index is 6.31. The summed E-state index contributed by atoms with van der Waals surface area (Å²) in [5.41, 5.74) is 1.40. The van der Waals surface area contributed by atoms with E-state index < -0.39 is 0 Å². The van der Waals surface area contributed by atoms with Crippen molar-refractivity contribution in [3.63, 3.8) is 0 Å². The van der Waals surface area contributed by atoms with Gasteiger partial charge < -0.3 is 5.32 Å². The van der Waals surface area contributed by atoms with Gasteiger partial charge in [-0.3, -0.25) is 4.90 Å². The largest absolute Gasteiger partial charge is 0.308 e. The van der Waals surface area contributed by atoms with E-state index in [1.165, 1.54) is 0 Å². The second-order valence-electron chi connectivity index (χ2n) is 5.86. The number of benzene rings is 1. The third-order valence-corrected chi connectivity index (χ3v) is 5.23. The van der Waals surface area contributed by atoms with E-state index in [9.17, 15) is 0 Å². The molecule has 4 heteroatoms. The summed E-state index contributed by atoms with van der Waals surface area (Å²) in [7, 11) is 0. The second-order valence-corrected chi connectivity index (χ2v) is 6.70. The topological polar surface area (TPSA) is 15.3 Å². The Morgan fingerprint density at radius 3 is 2.60 bits per heavy atom.